The smallest absolute Gasteiger partial charge is 0.349 e. The van der Waals surface area contributed by atoms with E-state index in [1.54, 1.807) is 0 Å². The number of hydrogen-bond donors (Lipinski definition) is 1. The minimum atomic E-state index is -3.11. The average molecular weight is 407 g/mol. The third-order valence-electron chi connectivity index (χ3n) is 4.63. The van der Waals surface area contributed by atoms with E-state index in [0.717, 1.165) is 29.9 Å². The summed E-state index contributed by atoms with van der Waals surface area (Å²) in [6, 6.07) is 3.24. The van der Waals surface area contributed by atoms with E-state index in [1.165, 1.54) is 6.08 Å². The molecule has 9 heteroatoms. The van der Waals surface area contributed by atoms with Crippen molar-refractivity contribution >= 4 is 27.8 Å². The van der Waals surface area contributed by atoms with Crippen molar-refractivity contribution in [3.05, 3.63) is 28.6 Å². The van der Waals surface area contributed by atoms with Crippen LogP contribution >= 0.6 is 0 Å². The Morgan fingerprint density at radius 1 is 1.43 bits per heavy atom. The van der Waals surface area contributed by atoms with Crippen molar-refractivity contribution in [2.45, 2.75) is 46.2 Å². The zero-order valence-corrected chi connectivity index (χ0v) is 17.1. The van der Waals surface area contributed by atoms with Crippen molar-refractivity contribution in [2.24, 2.45) is 0 Å². The van der Waals surface area contributed by atoms with Crippen molar-refractivity contribution < 1.29 is 22.7 Å². The molecular weight excluding hydrogens is 382 g/mol. The highest BCUT2D eigenvalue weighted by Crippen LogP contribution is 2.19. The van der Waals surface area contributed by atoms with E-state index in [0.29, 0.717) is 6.42 Å². The Morgan fingerprint density at radius 2 is 2.14 bits per heavy atom. The molecule has 1 fully saturated rings. The average Bonchev–Trinajstić information content (AvgIpc) is 3.10. The molecule has 0 saturated carbocycles. The Balaban J connectivity index is 1.98. The Labute approximate surface area is 165 Å². The minimum absolute atomic E-state index is 0.0372. The van der Waals surface area contributed by atoms with Gasteiger partial charge in [0.2, 0.25) is 0 Å². The molecule has 152 valence electrons. The summed E-state index contributed by atoms with van der Waals surface area (Å²) in [5.41, 5.74) is 2.52. The Hall–Kier alpha value is -2.60. The fraction of sp³-hybridized carbons (Fsp3) is 0.526. The maximum Gasteiger partial charge on any atom is 0.349 e. The van der Waals surface area contributed by atoms with Crippen molar-refractivity contribution in [1.29, 1.82) is 5.26 Å². The number of esters is 1. The lowest BCUT2D eigenvalue weighted by molar-refractivity contribution is -0.144. The van der Waals surface area contributed by atoms with Crippen LogP contribution in [0.25, 0.3) is 6.08 Å². The van der Waals surface area contributed by atoms with Crippen LogP contribution in [0.2, 0.25) is 0 Å². The van der Waals surface area contributed by atoms with Crippen LogP contribution in [0.1, 0.15) is 36.7 Å². The van der Waals surface area contributed by atoms with Crippen LogP contribution in [0.3, 0.4) is 0 Å². The number of aromatic nitrogens is 1. The maximum atomic E-state index is 12.2. The summed E-state index contributed by atoms with van der Waals surface area (Å²) >= 11 is 0. The van der Waals surface area contributed by atoms with E-state index in [2.05, 4.69) is 16.8 Å². The van der Waals surface area contributed by atoms with Gasteiger partial charge < -0.3 is 14.6 Å². The first-order chi connectivity index (χ1) is 13.2. The Bertz CT molecular complexity index is 938. The van der Waals surface area contributed by atoms with E-state index in [1.807, 2.05) is 26.0 Å². The summed E-state index contributed by atoms with van der Waals surface area (Å²) in [7, 11) is -3.11. The van der Waals surface area contributed by atoms with Gasteiger partial charge in [0.25, 0.3) is 5.91 Å². The van der Waals surface area contributed by atoms with Gasteiger partial charge in [0.05, 0.1) is 11.5 Å². The molecule has 0 unspecified atom stereocenters. The summed E-state index contributed by atoms with van der Waals surface area (Å²) in [6.45, 7) is 6.21. The van der Waals surface area contributed by atoms with Gasteiger partial charge in [-0.2, -0.15) is 5.26 Å². The van der Waals surface area contributed by atoms with Gasteiger partial charge >= 0.3 is 5.97 Å². The molecule has 1 amide bonds. The molecule has 1 aliphatic rings. The Kier molecular flexibility index (Phi) is 7.02. The second-order valence-corrected chi connectivity index (χ2v) is 9.12. The SMILES string of the molecule is CCCn1c(C)cc(/C=C(/C#N)C(=O)OCC(=O)N[C@@H]2CCS(=O)(=O)C2)c1C. The fourth-order valence-electron chi connectivity index (χ4n) is 3.22. The molecule has 2 heterocycles. The lowest BCUT2D eigenvalue weighted by atomic mass is 10.1. The van der Waals surface area contributed by atoms with Gasteiger partial charge in [-0.15, -0.1) is 0 Å². The molecule has 1 aliphatic heterocycles. The molecule has 0 aromatic carbocycles. The molecule has 1 N–H and O–H groups in total. The van der Waals surface area contributed by atoms with Gasteiger partial charge in [0.15, 0.2) is 16.4 Å². The lowest BCUT2D eigenvalue weighted by Crippen LogP contribution is -2.38. The second-order valence-electron chi connectivity index (χ2n) is 6.89. The predicted octanol–water partition coefficient (Wildman–Crippen LogP) is 1.27. The molecule has 2 rings (SSSR count). The van der Waals surface area contributed by atoms with Gasteiger partial charge in [0, 0.05) is 24.0 Å². The number of carbonyl (C=O) groups is 2. The number of amides is 1. The van der Waals surface area contributed by atoms with Crippen molar-refractivity contribution in [3.63, 3.8) is 0 Å². The highest BCUT2D eigenvalue weighted by atomic mass is 32.2. The topological polar surface area (TPSA) is 118 Å². The summed E-state index contributed by atoms with van der Waals surface area (Å²) in [6.07, 6.45) is 2.76. The van der Waals surface area contributed by atoms with Gasteiger partial charge in [-0.1, -0.05) is 6.92 Å². The summed E-state index contributed by atoms with van der Waals surface area (Å²) < 4.78 is 29.8. The highest BCUT2D eigenvalue weighted by molar-refractivity contribution is 7.91. The number of aryl methyl sites for hydroxylation is 1. The monoisotopic (exact) mass is 407 g/mol. The molecule has 1 atom stereocenters. The van der Waals surface area contributed by atoms with E-state index in [4.69, 9.17) is 4.74 Å². The second kappa shape index (κ2) is 9.06. The largest absolute Gasteiger partial charge is 0.451 e. The van der Waals surface area contributed by atoms with Gasteiger partial charge in [0.1, 0.15) is 11.6 Å². The summed E-state index contributed by atoms with van der Waals surface area (Å²) in [4.78, 5) is 24.0. The number of rotatable bonds is 7. The summed E-state index contributed by atoms with van der Waals surface area (Å²) in [5.74, 6) is -1.55. The fourth-order valence-corrected chi connectivity index (χ4v) is 4.89. The van der Waals surface area contributed by atoms with Gasteiger partial charge in [-0.25, -0.2) is 13.2 Å². The highest BCUT2D eigenvalue weighted by Gasteiger charge is 2.29. The van der Waals surface area contributed by atoms with Crippen LogP contribution in [0.4, 0.5) is 0 Å². The van der Waals surface area contributed by atoms with E-state index in [-0.39, 0.29) is 17.1 Å². The van der Waals surface area contributed by atoms with E-state index < -0.39 is 34.4 Å². The molecule has 8 nitrogen and oxygen atoms in total. The predicted molar refractivity (Wildman–Crippen MR) is 104 cm³/mol. The molecule has 0 aliphatic carbocycles. The van der Waals surface area contributed by atoms with Crippen LogP contribution < -0.4 is 5.32 Å². The Morgan fingerprint density at radius 3 is 2.71 bits per heavy atom. The normalized spacial score (nSPS) is 18.5. The van der Waals surface area contributed by atoms with Gasteiger partial charge in [-0.05, 0) is 44.4 Å². The number of carbonyl (C=O) groups excluding carboxylic acids is 2. The molecule has 0 radical (unpaired) electrons. The molecule has 1 saturated heterocycles. The first-order valence-corrected chi connectivity index (χ1v) is 10.9. The molecule has 1 aromatic heterocycles. The number of nitriles is 1. The number of nitrogens with one attached hydrogen (secondary N) is 1. The first kappa shape index (κ1) is 21.7. The molecule has 0 spiro atoms. The number of ether oxygens (including phenoxy) is 1. The van der Waals surface area contributed by atoms with E-state index >= 15 is 0 Å². The molecule has 0 bridgehead atoms. The van der Waals surface area contributed by atoms with Gasteiger partial charge in [-0.3, -0.25) is 4.79 Å². The van der Waals surface area contributed by atoms with Crippen LogP contribution in [-0.2, 0) is 30.7 Å². The van der Waals surface area contributed by atoms with Crippen molar-refractivity contribution in [3.8, 4) is 6.07 Å². The standard InChI is InChI=1S/C19H25N3O5S/c1-4-6-22-13(2)8-15(14(22)3)9-16(10-20)19(24)27-11-18(23)21-17-5-7-28(25,26)12-17/h8-9,17H,4-7,11-12H2,1-3H3,(H,21,23)/b16-9-/t17-/m1/s1. The third kappa shape index (κ3) is 5.45. The third-order valence-corrected chi connectivity index (χ3v) is 6.40. The van der Waals surface area contributed by atoms with Crippen molar-refractivity contribution in [2.75, 3.05) is 18.1 Å². The minimum Gasteiger partial charge on any atom is -0.451 e. The van der Waals surface area contributed by atoms with Crippen LogP contribution in [-0.4, -0.2) is 49.0 Å². The molecule has 1 aromatic rings. The van der Waals surface area contributed by atoms with Crippen LogP contribution in [0.5, 0.6) is 0 Å². The first-order valence-electron chi connectivity index (χ1n) is 9.12. The number of nitrogens with zero attached hydrogens (tertiary/aromatic N) is 2. The summed E-state index contributed by atoms with van der Waals surface area (Å²) in [5, 5.41) is 11.8. The zero-order valence-electron chi connectivity index (χ0n) is 16.3. The van der Waals surface area contributed by atoms with Crippen LogP contribution in [0, 0.1) is 25.2 Å². The number of sulfone groups is 1. The molecule has 28 heavy (non-hydrogen) atoms. The quantitative estimate of drug-likeness (QED) is 0.413. The zero-order chi connectivity index (χ0) is 20.9. The van der Waals surface area contributed by atoms with Crippen molar-refractivity contribution in [1.82, 2.24) is 9.88 Å². The molecular formula is C19H25N3O5S. The maximum absolute atomic E-state index is 12.2. The lowest BCUT2D eigenvalue weighted by Gasteiger charge is -2.10. The van der Waals surface area contributed by atoms with Crippen LogP contribution in [0.15, 0.2) is 11.6 Å². The number of hydrogen-bond acceptors (Lipinski definition) is 6. The van der Waals surface area contributed by atoms with E-state index in [9.17, 15) is 23.3 Å².